The molecule has 2 rings (SSSR count). The topological polar surface area (TPSA) is 15.3 Å². The summed E-state index contributed by atoms with van der Waals surface area (Å²) in [4.78, 5) is 2.33. The molecule has 1 heterocycles. The minimum Gasteiger partial charge on any atom is -0.316 e. The molecule has 88 valence electrons. The fourth-order valence-corrected chi connectivity index (χ4v) is 2.33. The summed E-state index contributed by atoms with van der Waals surface area (Å²) in [6, 6.07) is 5.18. The summed E-state index contributed by atoms with van der Waals surface area (Å²) in [7, 11) is 1.99. The third kappa shape index (κ3) is 2.73. The molecule has 0 spiro atoms. The van der Waals surface area contributed by atoms with Crippen molar-refractivity contribution in [2.45, 2.75) is 19.0 Å². The number of nitrogens with zero attached hydrogens (tertiary/aromatic N) is 1. The molecule has 2 nitrogen and oxygen atoms in total. The molecule has 1 aliphatic heterocycles. The number of likely N-dealkylation sites (N-methyl/N-ethyl adjacent to an activating group) is 1. The Balaban J connectivity index is 1.99. The predicted molar refractivity (Wildman–Crippen MR) is 64.2 cm³/mol. The summed E-state index contributed by atoms with van der Waals surface area (Å²) < 4.78 is 12.9. The third-order valence-corrected chi connectivity index (χ3v) is 3.44. The van der Waals surface area contributed by atoms with Crippen LogP contribution in [0.4, 0.5) is 4.39 Å². The molecule has 0 radical (unpaired) electrons. The summed E-state index contributed by atoms with van der Waals surface area (Å²) in [6.07, 6.45) is 1.16. The van der Waals surface area contributed by atoms with E-state index in [9.17, 15) is 4.39 Å². The second-order valence-electron chi connectivity index (χ2n) is 4.25. The molecule has 1 aromatic rings. The van der Waals surface area contributed by atoms with Crippen LogP contribution in [0.15, 0.2) is 18.2 Å². The van der Waals surface area contributed by atoms with E-state index in [1.165, 1.54) is 12.1 Å². The van der Waals surface area contributed by atoms with Crippen LogP contribution in [0, 0.1) is 5.82 Å². The molecule has 1 aromatic carbocycles. The summed E-state index contributed by atoms with van der Waals surface area (Å²) in [5.41, 5.74) is 1.000. The Hall–Kier alpha value is -0.640. The molecule has 1 aliphatic rings. The molecular weight excluding hydrogens is 227 g/mol. The van der Waals surface area contributed by atoms with Crippen molar-refractivity contribution in [2.24, 2.45) is 0 Å². The number of halogens is 2. The zero-order valence-corrected chi connectivity index (χ0v) is 10.1. The van der Waals surface area contributed by atoms with Crippen molar-refractivity contribution in [2.75, 3.05) is 20.1 Å². The Labute approximate surface area is 100 Å². The molecule has 0 bridgehead atoms. The Morgan fingerprint density at radius 2 is 2.38 bits per heavy atom. The lowest BCUT2D eigenvalue weighted by Gasteiger charge is -2.16. The highest BCUT2D eigenvalue weighted by atomic mass is 35.5. The summed E-state index contributed by atoms with van der Waals surface area (Å²) >= 11 is 6.00. The van der Waals surface area contributed by atoms with Gasteiger partial charge in [-0.2, -0.15) is 0 Å². The van der Waals surface area contributed by atoms with Gasteiger partial charge in [0.1, 0.15) is 5.82 Å². The third-order valence-electron chi connectivity index (χ3n) is 3.09. The lowest BCUT2D eigenvalue weighted by Crippen LogP contribution is -2.29. The van der Waals surface area contributed by atoms with E-state index in [1.807, 2.05) is 7.05 Å². The van der Waals surface area contributed by atoms with E-state index < -0.39 is 0 Å². The van der Waals surface area contributed by atoms with E-state index in [-0.39, 0.29) is 5.82 Å². The highest BCUT2D eigenvalue weighted by molar-refractivity contribution is 6.31. The molecule has 1 N–H and O–H groups in total. The second-order valence-corrected chi connectivity index (χ2v) is 4.65. The van der Waals surface area contributed by atoms with Crippen LogP contribution in [0.1, 0.15) is 12.0 Å². The van der Waals surface area contributed by atoms with Crippen molar-refractivity contribution in [3.8, 4) is 0 Å². The number of rotatable bonds is 3. The van der Waals surface area contributed by atoms with Crippen LogP contribution in [0.3, 0.4) is 0 Å². The highest BCUT2D eigenvalue weighted by Crippen LogP contribution is 2.21. The maximum absolute atomic E-state index is 12.9. The van der Waals surface area contributed by atoms with Crippen molar-refractivity contribution in [3.05, 3.63) is 34.6 Å². The molecule has 1 fully saturated rings. The quantitative estimate of drug-likeness (QED) is 0.875. The summed E-state index contributed by atoms with van der Waals surface area (Å²) in [6.45, 7) is 2.90. The van der Waals surface area contributed by atoms with Gasteiger partial charge in [0.15, 0.2) is 0 Å². The van der Waals surface area contributed by atoms with Crippen LogP contribution in [0.25, 0.3) is 0 Å². The first kappa shape index (κ1) is 11.8. The van der Waals surface area contributed by atoms with E-state index in [4.69, 9.17) is 11.6 Å². The van der Waals surface area contributed by atoms with Gasteiger partial charge in [-0.25, -0.2) is 4.39 Å². The van der Waals surface area contributed by atoms with Crippen molar-refractivity contribution in [1.29, 1.82) is 0 Å². The molecule has 0 aromatic heterocycles. The normalized spacial score (nSPS) is 21.6. The molecule has 0 saturated carbocycles. The second kappa shape index (κ2) is 5.13. The first-order chi connectivity index (χ1) is 7.69. The molecule has 16 heavy (non-hydrogen) atoms. The number of nitrogens with one attached hydrogen (secondary N) is 1. The van der Waals surface area contributed by atoms with Crippen LogP contribution in [-0.4, -0.2) is 31.1 Å². The van der Waals surface area contributed by atoms with E-state index in [2.05, 4.69) is 10.2 Å². The Morgan fingerprint density at radius 3 is 3.00 bits per heavy atom. The van der Waals surface area contributed by atoms with Gasteiger partial charge < -0.3 is 5.32 Å². The van der Waals surface area contributed by atoms with Gasteiger partial charge in [0, 0.05) is 30.7 Å². The number of likely N-dealkylation sites (tertiary alicyclic amines) is 1. The standard InChI is InChI=1S/C12H16ClFN2/c1-15-11-4-5-16(8-11)7-9-2-3-10(14)6-12(9)13/h2-3,6,11,15H,4-5,7-8H2,1H3. The van der Waals surface area contributed by atoms with Crippen LogP contribution in [0.2, 0.25) is 5.02 Å². The van der Waals surface area contributed by atoms with Crippen molar-refractivity contribution < 1.29 is 4.39 Å². The van der Waals surface area contributed by atoms with Gasteiger partial charge in [-0.1, -0.05) is 17.7 Å². The molecule has 1 unspecified atom stereocenters. The van der Waals surface area contributed by atoms with E-state index >= 15 is 0 Å². The number of benzene rings is 1. The SMILES string of the molecule is CNC1CCN(Cc2ccc(F)cc2Cl)C1. The van der Waals surface area contributed by atoms with Crippen LogP contribution >= 0.6 is 11.6 Å². The fraction of sp³-hybridized carbons (Fsp3) is 0.500. The van der Waals surface area contributed by atoms with Crippen LogP contribution in [-0.2, 0) is 6.54 Å². The van der Waals surface area contributed by atoms with Crippen molar-refractivity contribution >= 4 is 11.6 Å². The van der Waals surface area contributed by atoms with Gasteiger partial charge in [-0.15, -0.1) is 0 Å². The first-order valence-electron chi connectivity index (χ1n) is 5.52. The Morgan fingerprint density at radius 1 is 1.56 bits per heavy atom. The highest BCUT2D eigenvalue weighted by Gasteiger charge is 2.21. The minimum absolute atomic E-state index is 0.275. The van der Waals surface area contributed by atoms with E-state index in [0.29, 0.717) is 11.1 Å². The van der Waals surface area contributed by atoms with Crippen molar-refractivity contribution in [1.82, 2.24) is 10.2 Å². The molecular formula is C12H16ClFN2. The van der Waals surface area contributed by atoms with Crippen molar-refractivity contribution in [3.63, 3.8) is 0 Å². The van der Waals surface area contributed by atoms with Gasteiger partial charge in [0.2, 0.25) is 0 Å². The molecule has 1 atom stereocenters. The van der Waals surface area contributed by atoms with Gasteiger partial charge in [0.25, 0.3) is 0 Å². The van der Waals surface area contributed by atoms with Gasteiger partial charge in [0.05, 0.1) is 0 Å². The largest absolute Gasteiger partial charge is 0.316 e. The molecule has 0 amide bonds. The zero-order chi connectivity index (χ0) is 11.5. The lowest BCUT2D eigenvalue weighted by molar-refractivity contribution is 0.322. The fourth-order valence-electron chi connectivity index (χ4n) is 2.10. The van der Waals surface area contributed by atoms with E-state index in [0.717, 1.165) is 31.6 Å². The lowest BCUT2D eigenvalue weighted by atomic mass is 10.2. The van der Waals surface area contributed by atoms with Gasteiger partial charge in [-0.3, -0.25) is 4.90 Å². The maximum Gasteiger partial charge on any atom is 0.124 e. The summed E-state index contributed by atoms with van der Waals surface area (Å²) in [5.74, 6) is -0.275. The average molecular weight is 243 g/mol. The minimum atomic E-state index is -0.275. The zero-order valence-electron chi connectivity index (χ0n) is 9.34. The van der Waals surface area contributed by atoms with E-state index in [1.54, 1.807) is 6.07 Å². The van der Waals surface area contributed by atoms with Gasteiger partial charge >= 0.3 is 0 Å². The molecule has 4 heteroatoms. The number of hydrogen-bond acceptors (Lipinski definition) is 2. The smallest absolute Gasteiger partial charge is 0.124 e. The molecule has 1 saturated heterocycles. The monoisotopic (exact) mass is 242 g/mol. The summed E-state index contributed by atoms with van der Waals surface area (Å²) in [5, 5.41) is 3.79. The molecule has 0 aliphatic carbocycles. The van der Waals surface area contributed by atoms with Gasteiger partial charge in [-0.05, 0) is 31.2 Å². The predicted octanol–water partition coefficient (Wildman–Crippen LogP) is 2.27. The Kier molecular flexibility index (Phi) is 3.79. The number of hydrogen-bond donors (Lipinski definition) is 1. The van der Waals surface area contributed by atoms with Crippen LogP contribution in [0.5, 0.6) is 0 Å². The van der Waals surface area contributed by atoms with Crippen LogP contribution < -0.4 is 5.32 Å². The maximum atomic E-state index is 12.9. The first-order valence-corrected chi connectivity index (χ1v) is 5.90. The Bertz CT molecular complexity index is 370. The average Bonchev–Trinajstić information content (AvgIpc) is 2.70.